The van der Waals surface area contributed by atoms with Crippen LogP contribution in [0, 0.1) is 0 Å². The second-order valence-corrected chi connectivity index (χ2v) is 23.4. The minimum Gasteiger partial charge on any atom is -0.462 e. The van der Waals surface area contributed by atoms with Gasteiger partial charge in [0, 0.05) is 19.3 Å². The molecule has 0 amide bonds. The molecule has 0 rings (SSSR count). The zero-order valence-corrected chi connectivity index (χ0v) is 54.2. The molecule has 0 aromatic rings. The third-order valence-corrected chi connectivity index (χ3v) is 15.3. The first-order valence-electron chi connectivity index (χ1n) is 35.2. The fraction of sp³-hybridized carbons (Fsp3) is 0.750. The Labute approximate surface area is 508 Å². The van der Waals surface area contributed by atoms with Gasteiger partial charge in [-0.1, -0.05) is 343 Å². The highest BCUT2D eigenvalue weighted by Gasteiger charge is 2.19. The van der Waals surface area contributed by atoms with Crippen LogP contribution in [0.15, 0.2) is 97.2 Å². The number of rotatable bonds is 64. The SMILES string of the molecule is CC/C=C\C/C=C\C/C=C\C/C=C\CCCCCCCCCCCCCCCCCCCCC(=O)OCC(COC(=O)CC/C=C\C/C=C\C/C=C\C/C=C\CC)OC(=O)CCCCCCCCCCCCCCCCCCCCCC. The maximum Gasteiger partial charge on any atom is 0.306 e. The topological polar surface area (TPSA) is 78.9 Å². The van der Waals surface area contributed by atoms with Crippen molar-refractivity contribution in [1.82, 2.24) is 0 Å². The first-order valence-corrected chi connectivity index (χ1v) is 35.2. The van der Waals surface area contributed by atoms with Crippen LogP contribution in [0.25, 0.3) is 0 Å². The Kier molecular flexibility index (Phi) is 66.7. The van der Waals surface area contributed by atoms with Crippen molar-refractivity contribution < 1.29 is 28.6 Å². The Morgan fingerprint density at radius 3 is 0.817 bits per heavy atom. The smallest absolute Gasteiger partial charge is 0.306 e. The molecular formula is C76H132O6. The predicted molar refractivity (Wildman–Crippen MR) is 357 cm³/mol. The Bertz CT molecular complexity index is 1590. The largest absolute Gasteiger partial charge is 0.462 e. The van der Waals surface area contributed by atoms with Gasteiger partial charge in [-0.05, 0) is 83.5 Å². The summed E-state index contributed by atoms with van der Waals surface area (Å²) in [5, 5.41) is 0. The van der Waals surface area contributed by atoms with E-state index in [0.29, 0.717) is 19.3 Å². The highest BCUT2D eigenvalue weighted by atomic mass is 16.6. The molecule has 0 aromatic heterocycles. The summed E-state index contributed by atoms with van der Waals surface area (Å²) in [6.45, 7) is 6.40. The summed E-state index contributed by atoms with van der Waals surface area (Å²) >= 11 is 0. The second kappa shape index (κ2) is 69.8. The van der Waals surface area contributed by atoms with Gasteiger partial charge in [-0.2, -0.15) is 0 Å². The van der Waals surface area contributed by atoms with E-state index in [4.69, 9.17) is 14.2 Å². The summed E-state index contributed by atoms with van der Waals surface area (Å²) in [5.41, 5.74) is 0. The van der Waals surface area contributed by atoms with Crippen molar-refractivity contribution in [2.24, 2.45) is 0 Å². The third kappa shape index (κ3) is 67.1. The van der Waals surface area contributed by atoms with Gasteiger partial charge in [0.25, 0.3) is 0 Å². The van der Waals surface area contributed by atoms with E-state index in [-0.39, 0.29) is 37.5 Å². The molecule has 6 heteroatoms. The monoisotopic (exact) mass is 1140 g/mol. The Morgan fingerprint density at radius 2 is 0.500 bits per heavy atom. The number of hydrogen-bond donors (Lipinski definition) is 0. The molecule has 0 N–H and O–H groups in total. The van der Waals surface area contributed by atoms with Gasteiger partial charge in [0.1, 0.15) is 13.2 Å². The minimum atomic E-state index is -0.804. The molecule has 0 aliphatic rings. The van der Waals surface area contributed by atoms with Crippen LogP contribution in [0.5, 0.6) is 0 Å². The van der Waals surface area contributed by atoms with Crippen LogP contribution in [0.3, 0.4) is 0 Å². The summed E-state index contributed by atoms with van der Waals surface area (Å²) in [6, 6.07) is 0. The van der Waals surface area contributed by atoms with E-state index < -0.39 is 6.10 Å². The number of carbonyl (C=O) groups is 3. The number of carbonyl (C=O) groups excluding carboxylic acids is 3. The van der Waals surface area contributed by atoms with Crippen LogP contribution in [-0.4, -0.2) is 37.2 Å². The summed E-state index contributed by atoms with van der Waals surface area (Å²) in [6.07, 6.45) is 94.7. The molecule has 0 radical (unpaired) electrons. The maximum absolute atomic E-state index is 12.9. The molecule has 0 spiro atoms. The summed E-state index contributed by atoms with van der Waals surface area (Å²) in [5.74, 6) is -0.961. The van der Waals surface area contributed by atoms with E-state index in [1.165, 1.54) is 212 Å². The molecule has 6 nitrogen and oxygen atoms in total. The summed E-state index contributed by atoms with van der Waals surface area (Å²) < 4.78 is 16.9. The first kappa shape index (κ1) is 78.3. The van der Waals surface area contributed by atoms with Gasteiger partial charge in [-0.25, -0.2) is 0 Å². The van der Waals surface area contributed by atoms with Crippen molar-refractivity contribution in [2.45, 2.75) is 354 Å². The molecule has 0 aliphatic heterocycles. The normalized spacial score (nSPS) is 12.7. The Hall–Kier alpha value is -3.67. The van der Waals surface area contributed by atoms with Crippen molar-refractivity contribution in [3.05, 3.63) is 97.2 Å². The van der Waals surface area contributed by atoms with Crippen LogP contribution < -0.4 is 0 Å². The van der Waals surface area contributed by atoms with Crippen LogP contribution in [0.4, 0.5) is 0 Å². The first-order chi connectivity index (χ1) is 40.5. The third-order valence-electron chi connectivity index (χ3n) is 15.3. The van der Waals surface area contributed by atoms with Gasteiger partial charge >= 0.3 is 17.9 Å². The highest BCUT2D eigenvalue weighted by molar-refractivity contribution is 5.71. The quantitative estimate of drug-likeness (QED) is 0.0261. The van der Waals surface area contributed by atoms with E-state index in [1.54, 1.807) is 0 Å². The van der Waals surface area contributed by atoms with Crippen molar-refractivity contribution in [3.63, 3.8) is 0 Å². The van der Waals surface area contributed by atoms with Crippen LogP contribution in [0.1, 0.15) is 348 Å². The number of ether oxygens (including phenoxy) is 3. The van der Waals surface area contributed by atoms with Gasteiger partial charge in [-0.15, -0.1) is 0 Å². The molecule has 1 unspecified atom stereocenters. The molecule has 0 bridgehead atoms. The molecule has 472 valence electrons. The van der Waals surface area contributed by atoms with Crippen molar-refractivity contribution in [2.75, 3.05) is 13.2 Å². The number of hydrogen-bond acceptors (Lipinski definition) is 6. The van der Waals surface area contributed by atoms with Crippen molar-refractivity contribution in [3.8, 4) is 0 Å². The second-order valence-electron chi connectivity index (χ2n) is 23.4. The van der Waals surface area contributed by atoms with Gasteiger partial charge in [-0.3, -0.25) is 14.4 Å². The molecule has 82 heavy (non-hydrogen) atoms. The zero-order valence-electron chi connectivity index (χ0n) is 54.2. The van der Waals surface area contributed by atoms with E-state index in [9.17, 15) is 14.4 Å². The van der Waals surface area contributed by atoms with Crippen LogP contribution in [0.2, 0.25) is 0 Å². The fourth-order valence-electron chi connectivity index (χ4n) is 10.2. The van der Waals surface area contributed by atoms with Crippen molar-refractivity contribution >= 4 is 17.9 Å². The average Bonchev–Trinajstić information content (AvgIpc) is 3.47. The molecule has 0 aromatic carbocycles. The lowest BCUT2D eigenvalue weighted by Crippen LogP contribution is -2.30. The van der Waals surface area contributed by atoms with Gasteiger partial charge < -0.3 is 14.2 Å². The number of esters is 3. The lowest BCUT2D eigenvalue weighted by Gasteiger charge is -2.18. The van der Waals surface area contributed by atoms with Crippen molar-refractivity contribution in [1.29, 1.82) is 0 Å². The molecule has 0 heterocycles. The number of allylic oxidation sites excluding steroid dienone is 16. The summed E-state index contributed by atoms with van der Waals surface area (Å²) in [7, 11) is 0. The molecular weight excluding hydrogens is 1010 g/mol. The van der Waals surface area contributed by atoms with Gasteiger partial charge in [0.2, 0.25) is 0 Å². The van der Waals surface area contributed by atoms with E-state index in [1.807, 2.05) is 6.08 Å². The van der Waals surface area contributed by atoms with E-state index >= 15 is 0 Å². The number of unbranched alkanes of at least 4 members (excludes halogenated alkanes) is 37. The van der Waals surface area contributed by atoms with Gasteiger partial charge in [0.15, 0.2) is 6.10 Å². The predicted octanol–water partition coefficient (Wildman–Crippen LogP) is 24.4. The zero-order chi connectivity index (χ0) is 59.2. The highest BCUT2D eigenvalue weighted by Crippen LogP contribution is 2.18. The fourth-order valence-corrected chi connectivity index (χ4v) is 10.2. The standard InChI is InChI=1S/C76H132O6/c1-4-7-10-13-16-19-22-25-27-29-31-33-34-35-36-37-38-39-40-41-42-43-45-46-48-51-54-57-60-63-66-69-75(78)81-72-73(71-80-74(77)68-65-62-59-56-53-50-24-21-18-15-12-9-6-3)82-76(79)70-67-64-61-58-55-52-49-47-44-32-30-28-26-23-20-17-14-11-8-5-2/h7,9-10,12,16,18-19,21,25,27,31,33,50,53,59,62,73H,4-6,8,11,13-15,17,20,22-24,26,28-30,32,34-49,51-52,54-58,60-61,63-72H2,1-3H3/b10-7-,12-9-,19-16-,21-18-,27-25-,33-31-,53-50-,62-59-. The Morgan fingerprint density at radius 1 is 0.256 bits per heavy atom. The molecule has 1 atom stereocenters. The minimum absolute atomic E-state index is 0.0947. The Balaban J connectivity index is 4.22. The van der Waals surface area contributed by atoms with E-state index in [0.717, 1.165) is 89.9 Å². The molecule has 0 aliphatic carbocycles. The molecule has 0 fully saturated rings. The lowest BCUT2D eigenvalue weighted by atomic mass is 10.0. The maximum atomic E-state index is 12.9. The lowest BCUT2D eigenvalue weighted by molar-refractivity contribution is -0.166. The average molecular weight is 1140 g/mol. The molecule has 0 saturated carbocycles. The summed E-state index contributed by atoms with van der Waals surface area (Å²) in [4.78, 5) is 38.3. The van der Waals surface area contributed by atoms with Crippen LogP contribution in [-0.2, 0) is 28.6 Å². The van der Waals surface area contributed by atoms with Gasteiger partial charge in [0.05, 0.1) is 0 Å². The van der Waals surface area contributed by atoms with Crippen LogP contribution >= 0.6 is 0 Å². The molecule has 0 saturated heterocycles. The van der Waals surface area contributed by atoms with E-state index in [2.05, 4.69) is 112 Å².